The molecule has 0 atom stereocenters. The van der Waals surface area contributed by atoms with Crippen LogP contribution in [0.1, 0.15) is 6.92 Å². The van der Waals surface area contributed by atoms with Crippen LogP contribution in [-0.4, -0.2) is 19.9 Å². The lowest BCUT2D eigenvalue weighted by atomic mass is 10.4. The zero-order valence-electron chi connectivity index (χ0n) is 7.37. The molecule has 0 saturated heterocycles. The van der Waals surface area contributed by atoms with Crippen molar-refractivity contribution in [3.8, 4) is 0 Å². The molecule has 5 heteroatoms. The first-order valence-corrected chi connectivity index (χ1v) is 5.28. The van der Waals surface area contributed by atoms with Crippen molar-refractivity contribution in [2.75, 3.05) is 6.54 Å². The minimum Gasteiger partial charge on any atom is -0.351 e. The Balaban J connectivity index is 2.74. The van der Waals surface area contributed by atoms with Gasteiger partial charge in [0.15, 0.2) is 0 Å². The average molecular weight is 200 g/mol. The van der Waals surface area contributed by atoms with Crippen molar-refractivity contribution in [2.45, 2.75) is 11.9 Å². The molecule has 0 aromatic carbocycles. The summed E-state index contributed by atoms with van der Waals surface area (Å²) in [5.41, 5.74) is 0.773. The summed E-state index contributed by atoms with van der Waals surface area (Å²) in [7, 11) is -3.38. The maximum atomic E-state index is 11.4. The molecule has 1 rings (SSSR count). The summed E-state index contributed by atoms with van der Waals surface area (Å²) < 4.78 is 25.2. The molecule has 0 bridgehead atoms. The summed E-state index contributed by atoms with van der Waals surface area (Å²) in [4.78, 5) is 2.62. The fraction of sp³-hybridized carbons (Fsp3) is 0.250. The van der Waals surface area contributed by atoms with Crippen LogP contribution in [0.2, 0.25) is 0 Å². The Hall–Kier alpha value is -1.07. The predicted molar refractivity (Wildman–Crippen MR) is 50.8 cm³/mol. The topological polar surface area (TPSA) is 62.0 Å². The Bertz CT molecular complexity index is 378. The number of H-pyrrole nitrogens is 1. The van der Waals surface area contributed by atoms with Gasteiger partial charge in [-0.3, -0.25) is 0 Å². The number of nitrogens with one attached hydrogen (secondary N) is 2. The molecule has 0 aliphatic heterocycles. The van der Waals surface area contributed by atoms with Gasteiger partial charge in [-0.2, -0.15) is 0 Å². The van der Waals surface area contributed by atoms with Crippen LogP contribution in [0, 0.1) is 0 Å². The molecular formula is C8H12N2O2S. The highest BCUT2D eigenvalue weighted by atomic mass is 32.2. The summed E-state index contributed by atoms with van der Waals surface area (Å²) in [6.07, 6.45) is 1.56. The van der Waals surface area contributed by atoms with Crippen molar-refractivity contribution >= 4 is 10.0 Å². The van der Waals surface area contributed by atoms with Crippen molar-refractivity contribution < 1.29 is 8.42 Å². The summed E-state index contributed by atoms with van der Waals surface area (Å²) in [6, 6.07) is 3.14. The van der Waals surface area contributed by atoms with Gasteiger partial charge in [0, 0.05) is 12.7 Å². The Kier molecular flexibility index (Phi) is 2.90. The zero-order valence-corrected chi connectivity index (χ0v) is 8.19. The van der Waals surface area contributed by atoms with E-state index in [-0.39, 0.29) is 11.6 Å². The molecule has 0 aliphatic carbocycles. The molecule has 0 aliphatic rings. The van der Waals surface area contributed by atoms with Gasteiger partial charge >= 0.3 is 0 Å². The van der Waals surface area contributed by atoms with Crippen molar-refractivity contribution in [1.29, 1.82) is 0 Å². The smallest absolute Gasteiger partial charge is 0.256 e. The summed E-state index contributed by atoms with van der Waals surface area (Å²) in [5.74, 6) is 0. The zero-order chi connectivity index (χ0) is 9.90. The van der Waals surface area contributed by atoms with Gasteiger partial charge in [0.2, 0.25) is 0 Å². The van der Waals surface area contributed by atoms with E-state index < -0.39 is 10.0 Å². The highest BCUT2D eigenvalue weighted by molar-refractivity contribution is 7.89. The Labute approximate surface area is 77.7 Å². The second-order valence-electron chi connectivity index (χ2n) is 2.82. The molecule has 4 nitrogen and oxygen atoms in total. The SMILES string of the molecule is C=C(C)CNS(=O)(=O)c1ccc[nH]1. The first-order valence-electron chi connectivity index (χ1n) is 3.80. The van der Waals surface area contributed by atoms with Gasteiger partial charge < -0.3 is 4.98 Å². The molecule has 0 unspecified atom stereocenters. The largest absolute Gasteiger partial charge is 0.351 e. The normalized spacial score (nSPS) is 11.5. The average Bonchev–Trinajstić information content (AvgIpc) is 2.53. The van der Waals surface area contributed by atoms with E-state index in [0.717, 1.165) is 5.57 Å². The lowest BCUT2D eigenvalue weighted by molar-refractivity contribution is 0.581. The standard InChI is InChI=1S/C8H12N2O2S/c1-7(2)6-10-13(11,12)8-4-3-5-9-8/h3-5,9-10H,1,6H2,2H3. The monoisotopic (exact) mass is 200 g/mol. The molecule has 0 saturated carbocycles. The third kappa shape index (κ3) is 2.71. The summed E-state index contributed by atoms with van der Waals surface area (Å²) in [6.45, 7) is 5.63. The molecule has 1 heterocycles. The van der Waals surface area contributed by atoms with Crippen LogP contribution in [-0.2, 0) is 10.0 Å². The lowest BCUT2D eigenvalue weighted by Crippen LogP contribution is -2.25. The maximum absolute atomic E-state index is 11.4. The number of hydrogen-bond donors (Lipinski definition) is 2. The van der Waals surface area contributed by atoms with Crippen LogP contribution < -0.4 is 4.72 Å². The molecule has 2 N–H and O–H groups in total. The molecule has 0 amide bonds. The van der Waals surface area contributed by atoms with Crippen molar-refractivity contribution in [3.63, 3.8) is 0 Å². The van der Waals surface area contributed by atoms with E-state index in [1.807, 2.05) is 0 Å². The minimum atomic E-state index is -3.38. The van der Waals surface area contributed by atoms with Gasteiger partial charge in [0.1, 0.15) is 5.03 Å². The van der Waals surface area contributed by atoms with Crippen molar-refractivity contribution in [2.24, 2.45) is 0 Å². The maximum Gasteiger partial charge on any atom is 0.256 e. The quantitative estimate of drug-likeness (QED) is 0.708. The first-order chi connectivity index (χ1) is 6.02. The van der Waals surface area contributed by atoms with Crippen LogP contribution in [0.15, 0.2) is 35.5 Å². The minimum absolute atomic E-state index is 0.175. The van der Waals surface area contributed by atoms with E-state index in [2.05, 4.69) is 16.3 Å². The predicted octanol–water partition coefficient (Wildman–Crippen LogP) is 0.869. The summed E-state index contributed by atoms with van der Waals surface area (Å²) >= 11 is 0. The Morgan fingerprint density at radius 1 is 1.69 bits per heavy atom. The van der Waals surface area contributed by atoms with E-state index in [0.29, 0.717) is 0 Å². The molecule has 0 radical (unpaired) electrons. The first kappa shape index (κ1) is 10.0. The number of hydrogen-bond acceptors (Lipinski definition) is 2. The highest BCUT2D eigenvalue weighted by Gasteiger charge is 2.12. The van der Waals surface area contributed by atoms with Crippen molar-refractivity contribution in [3.05, 3.63) is 30.5 Å². The van der Waals surface area contributed by atoms with Gasteiger partial charge in [0.25, 0.3) is 10.0 Å². The van der Waals surface area contributed by atoms with Crippen LogP contribution in [0.5, 0.6) is 0 Å². The van der Waals surface area contributed by atoms with Crippen LogP contribution in [0.25, 0.3) is 0 Å². The number of rotatable bonds is 4. The van der Waals surface area contributed by atoms with Crippen LogP contribution in [0.3, 0.4) is 0 Å². The van der Waals surface area contributed by atoms with E-state index >= 15 is 0 Å². The number of aromatic nitrogens is 1. The Morgan fingerprint density at radius 2 is 2.38 bits per heavy atom. The van der Waals surface area contributed by atoms with E-state index in [1.165, 1.54) is 6.07 Å². The van der Waals surface area contributed by atoms with Gasteiger partial charge in [-0.25, -0.2) is 13.1 Å². The molecule has 0 fully saturated rings. The molecule has 1 aromatic heterocycles. The van der Waals surface area contributed by atoms with Crippen LogP contribution in [0.4, 0.5) is 0 Å². The van der Waals surface area contributed by atoms with Gasteiger partial charge in [0.05, 0.1) is 0 Å². The second kappa shape index (κ2) is 3.76. The highest BCUT2D eigenvalue weighted by Crippen LogP contribution is 2.03. The fourth-order valence-electron chi connectivity index (χ4n) is 0.777. The molecule has 0 spiro atoms. The summed E-state index contributed by atoms with van der Waals surface area (Å²) in [5, 5.41) is 0.175. The Morgan fingerprint density at radius 3 is 2.85 bits per heavy atom. The molecule has 13 heavy (non-hydrogen) atoms. The van der Waals surface area contributed by atoms with Gasteiger partial charge in [-0.05, 0) is 19.1 Å². The van der Waals surface area contributed by atoms with E-state index in [9.17, 15) is 8.42 Å². The van der Waals surface area contributed by atoms with Crippen molar-refractivity contribution in [1.82, 2.24) is 9.71 Å². The third-order valence-corrected chi connectivity index (χ3v) is 2.78. The third-order valence-electron chi connectivity index (χ3n) is 1.42. The van der Waals surface area contributed by atoms with E-state index in [4.69, 9.17) is 0 Å². The fourth-order valence-corrected chi connectivity index (χ4v) is 1.85. The van der Waals surface area contributed by atoms with Crippen LogP contribution >= 0.6 is 0 Å². The van der Waals surface area contributed by atoms with Gasteiger partial charge in [-0.15, -0.1) is 0 Å². The molecular weight excluding hydrogens is 188 g/mol. The molecule has 1 aromatic rings. The second-order valence-corrected chi connectivity index (χ2v) is 4.55. The lowest BCUT2D eigenvalue weighted by Gasteiger charge is -2.03. The molecule has 72 valence electrons. The number of aromatic amines is 1. The van der Waals surface area contributed by atoms with Gasteiger partial charge in [-0.1, -0.05) is 12.2 Å². The number of sulfonamides is 1. The van der Waals surface area contributed by atoms with E-state index in [1.54, 1.807) is 19.2 Å².